The monoisotopic (exact) mass is 343 g/mol. The summed E-state index contributed by atoms with van der Waals surface area (Å²) < 4.78 is 0. The van der Waals surface area contributed by atoms with Crippen molar-refractivity contribution >= 4 is 5.91 Å². The molecule has 7 atom stereocenters. The fourth-order valence-corrected chi connectivity index (χ4v) is 7.10. The van der Waals surface area contributed by atoms with Crippen molar-refractivity contribution in [2.75, 3.05) is 7.05 Å². The predicted octanol–water partition coefficient (Wildman–Crippen LogP) is 3.93. The van der Waals surface area contributed by atoms with Crippen LogP contribution in [0.1, 0.15) is 59.8 Å². The van der Waals surface area contributed by atoms with Gasteiger partial charge < -0.3 is 10.0 Å². The van der Waals surface area contributed by atoms with E-state index in [2.05, 4.69) is 33.8 Å². The van der Waals surface area contributed by atoms with Crippen LogP contribution in [-0.4, -0.2) is 35.1 Å². The lowest BCUT2D eigenvalue weighted by Crippen LogP contribution is -2.60. The van der Waals surface area contributed by atoms with Gasteiger partial charge in [0.15, 0.2) is 0 Å². The van der Waals surface area contributed by atoms with E-state index in [4.69, 9.17) is 0 Å². The van der Waals surface area contributed by atoms with Gasteiger partial charge in [0.05, 0.1) is 12.1 Å². The number of fused-ring (bicyclic) bond motifs is 5. The van der Waals surface area contributed by atoms with Crippen molar-refractivity contribution in [3.8, 4) is 0 Å². The molecule has 138 valence electrons. The largest absolute Gasteiger partial charge is 0.393 e. The van der Waals surface area contributed by atoms with Crippen LogP contribution in [0.15, 0.2) is 23.3 Å². The molecule has 3 saturated carbocycles. The molecule has 0 aromatic heterocycles. The summed E-state index contributed by atoms with van der Waals surface area (Å²) in [6, 6.07) is 0.201. The van der Waals surface area contributed by atoms with Gasteiger partial charge in [0.1, 0.15) is 0 Å². The molecule has 4 aliphatic rings. The molecule has 0 spiro atoms. The van der Waals surface area contributed by atoms with Crippen LogP contribution in [0.3, 0.4) is 0 Å². The van der Waals surface area contributed by atoms with Gasteiger partial charge in [-0.05, 0) is 80.8 Å². The molecule has 1 amide bonds. The smallest absolute Gasteiger partial charge is 0.246 e. The molecule has 25 heavy (non-hydrogen) atoms. The third-order valence-electron chi connectivity index (χ3n) is 8.52. The molecule has 2 unspecified atom stereocenters. The molecule has 1 aliphatic heterocycles. The maximum atomic E-state index is 12.4. The van der Waals surface area contributed by atoms with Crippen LogP contribution in [0.2, 0.25) is 0 Å². The minimum absolute atomic E-state index is 0.0209. The molecule has 3 aliphatic carbocycles. The maximum absolute atomic E-state index is 12.4. The summed E-state index contributed by atoms with van der Waals surface area (Å²) in [5.41, 5.74) is 2.95. The third-order valence-corrected chi connectivity index (χ3v) is 8.52. The molecule has 0 bridgehead atoms. The van der Waals surface area contributed by atoms with Gasteiger partial charge in [-0.25, -0.2) is 0 Å². The Morgan fingerprint density at radius 3 is 2.60 bits per heavy atom. The first-order valence-corrected chi connectivity index (χ1v) is 10.0. The quantitative estimate of drug-likeness (QED) is 0.677. The van der Waals surface area contributed by atoms with Crippen LogP contribution in [0, 0.1) is 28.6 Å². The topological polar surface area (TPSA) is 40.5 Å². The molecule has 3 nitrogen and oxygen atoms in total. The summed E-state index contributed by atoms with van der Waals surface area (Å²) in [5, 5.41) is 10.6. The molecule has 1 heterocycles. The van der Waals surface area contributed by atoms with E-state index in [9.17, 15) is 9.90 Å². The van der Waals surface area contributed by atoms with Crippen LogP contribution in [0.4, 0.5) is 0 Å². The van der Waals surface area contributed by atoms with Gasteiger partial charge in [-0.2, -0.15) is 0 Å². The van der Waals surface area contributed by atoms with E-state index in [0.717, 1.165) is 25.7 Å². The first-order chi connectivity index (χ1) is 11.7. The van der Waals surface area contributed by atoms with Gasteiger partial charge in [0.25, 0.3) is 0 Å². The zero-order valence-electron chi connectivity index (χ0n) is 16.4. The van der Waals surface area contributed by atoms with E-state index < -0.39 is 0 Å². The summed E-state index contributed by atoms with van der Waals surface area (Å²) in [6.07, 6.45) is 9.42. The predicted molar refractivity (Wildman–Crippen MR) is 99.8 cm³/mol. The Bertz CT molecular complexity index is 661. The molecular formula is C22H33NO2. The van der Waals surface area contributed by atoms with E-state index in [-0.39, 0.29) is 28.9 Å². The van der Waals surface area contributed by atoms with E-state index in [0.29, 0.717) is 17.8 Å². The lowest BCUT2D eigenvalue weighted by Gasteiger charge is -2.61. The number of likely N-dealkylation sites (N-methyl/N-ethyl adjacent to an activating group) is 1. The number of amides is 1. The molecule has 0 saturated heterocycles. The van der Waals surface area contributed by atoms with Crippen LogP contribution in [-0.2, 0) is 4.79 Å². The number of aliphatic hydroxyl groups is 1. The lowest BCUT2D eigenvalue weighted by atomic mass is 9.47. The molecule has 3 heteroatoms. The summed E-state index contributed by atoms with van der Waals surface area (Å²) in [5.74, 6) is 1.99. The Labute approximate surface area is 152 Å². The first kappa shape index (κ1) is 17.3. The SMILES string of the molecule is CC(C)=C1C[C@@H]2[C@@H](CC[C@]3(C)C(O)CC[C@@H]23)[C@@]2(C)C=CC(=O)N(C)C12. The Hall–Kier alpha value is -1.09. The molecule has 3 fully saturated rings. The molecular weight excluding hydrogens is 310 g/mol. The number of allylic oxidation sites excluding steroid dienone is 1. The highest BCUT2D eigenvalue weighted by Crippen LogP contribution is 2.64. The average Bonchev–Trinajstić information content (AvgIpc) is 2.86. The van der Waals surface area contributed by atoms with E-state index >= 15 is 0 Å². The van der Waals surface area contributed by atoms with Gasteiger partial charge in [-0.3, -0.25) is 4.79 Å². The molecule has 0 aromatic rings. The zero-order valence-corrected chi connectivity index (χ0v) is 16.4. The van der Waals surface area contributed by atoms with Gasteiger partial charge in [0, 0.05) is 12.5 Å². The van der Waals surface area contributed by atoms with Gasteiger partial charge >= 0.3 is 0 Å². The van der Waals surface area contributed by atoms with Crippen LogP contribution >= 0.6 is 0 Å². The Balaban J connectivity index is 1.82. The van der Waals surface area contributed by atoms with E-state index in [1.54, 1.807) is 6.08 Å². The fourth-order valence-electron chi connectivity index (χ4n) is 7.10. The Morgan fingerprint density at radius 2 is 1.92 bits per heavy atom. The second-order valence-corrected chi connectivity index (χ2v) is 9.79. The fraction of sp³-hybridized carbons (Fsp3) is 0.773. The molecule has 0 aromatic carbocycles. The lowest BCUT2D eigenvalue weighted by molar-refractivity contribution is -0.135. The number of carbonyl (C=O) groups excluding carboxylic acids is 1. The van der Waals surface area contributed by atoms with E-state index in [1.807, 2.05) is 11.9 Å². The van der Waals surface area contributed by atoms with Crippen molar-refractivity contribution in [2.45, 2.75) is 71.9 Å². The summed E-state index contributed by atoms with van der Waals surface area (Å²) in [4.78, 5) is 14.4. The highest BCUT2D eigenvalue weighted by Gasteiger charge is 2.61. The van der Waals surface area contributed by atoms with Crippen molar-refractivity contribution in [1.82, 2.24) is 4.90 Å². The molecule has 0 radical (unpaired) electrons. The summed E-state index contributed by atoms with van der Waals surface area (Å²) in [6.45, 7) is 9.12. The van der Waals surface area contributed by atoms with Crippen molar-refractivity contribution < 1.29 is 9.90 Å². The number of nitrogens with zero attached hydrogens (tertiary/aromatic N) is 1. The third kappa shape index (κ3) is 2.17. The second kappa shape index (κ2) is 5.45. The van der Waals surface area contributed by atoms with Gasteiger partial charge in [-0.15, -0.1) is 0 Å². The second-order valence-electron chi connectivity index (χ2n) is 9.79. The van der Waals surface area contributed by atoms with Gasteiger partial charge in [0.2, 0.25) is 5.91 Å². The zero-order chi connectivity index (χ0) is 18.1. The van der Waals surface area contributed by atoms with Crippen LogP contribution in [0.5, 0.6) is 0 Å². The maximum Gasteiger partial charge on any atom is 0.246 e. The van der Waals surface area contributed by atoms with Crippen molar-refractivity contribution in [2.24, 2.45) is 28.6 Å². The van der Waals surface area contributed by atoms with Crippen LogP contribution < -0.4 is 0 Å². The minimum Gasteiger partial charge on any atom is -0.393 e. The standard InChI is InChI=1S/C22H33NO2/c1-13(2)14-12-15-16-6-7-18(24)21(16,3)10-8-17(15)22(4)11-9-19(25)23(5)20(14)22/h9,11,15-18,20,24H,6-8,10,12H2,1-5H3/t15-,16-,17+,18?,20?,21-,22+/m0/s1. The highest BCUT2D eigenvalue weighted by atomic mass is 16.3. The van der Waals surface area contributed by atoms with E-state index in [1.165, 1.54) is 17.6 Å². The highest BCUT2D eigenvalue weighted by molar-refractivity contribution is 5.89. The molecule has 1 N–H and O–H groups in total. The minimum atomic E-state index is -0.134. The first-order valence-electron chi connectivity index (χ1n) is 10.0. The summed E-state index contributed by atoms with van der Waals surface area (Å²) >= 11 is 0. The van der Waals surface area contributed by atoms with Gasteiger partial charge in [-0.1, -0.05) is 25.5 Å². The Kier molecular flexibility index (Phi) is 3.78. The number of carbonyl (C=O) groups is 1. The van der Waals surface area contributed by atoms with Crippen LogP contribution in [0.25, 0.3) is 0 Å². The average molecular weight is 344 g/mol. The molecule has 4 rings (SSSR count). The van der Waals surface area contributed by atoms with Crippen molar-refractivity contribution in [3.63, 3.8) is 0 Å². The number of rotatable bonds is 0. The summed E-state index contributed by atoms with van der Waals surface area (Å²) in [7, 11) is 1.98. The van der Waals surface area contributed by atoms with Crippen molar-refractivity contribution in [1.29, 1.82) is 0 Å². The number of aliphatic hydroxyl groups excluding tert-OH is 1. The normalized spacial score (nSPS) is 48.9. The Morgan fingerprint density at radius 1 is 1.20 bits per heavy atom. The number of hydrogen-bond donors (Lipinski definition) is 1. The number of hydrogen-bond acceptors (Lipinski definition) is 2. The van der Waals surface area contributed by atoms with Crippen molar-refractivity contribution in [3.05, 3.63) is 23.3 Å².